The van der Waals surface area contributed by atoms with E-state index in [9.17, 15) is 0 Å². The van der Waals surface area contributed by atoms with Gasteiger partial charge in [-0.3, -0.25) is 0 Å². The van der Waals surface area contributed by atoms with Gasteiger partial charge in [0.15, 0.2) is 0 Å². The molecule has 0 bridgehead atoms. The van der Waals surface area contributed by atoms with Crippen LogP contribution in [0.5, 0.6) is 5.75 Å². The minimum absolute atomic E-state index is 0.0112. The molecule has 1 rings (SSSR count). The van der Waals surface area contributed by atoms with Gasteiger partial charge in [0.05, 0.1) is 13.2 Å². The van der Waals surface area contributed by atoms with E-state index in [2.05, 4.69) is 6.07 Å². The van der Waals surface area contributed by atoms with E-state index in [1.165, 1.54) is 0 Å². The van der Waals surface area contributed by atoms with Crippen LogP contribution in [0.15, 0.2) is 18.2 Å². The van der Waals surface area contributed by atoms with Crippen molar-refractivity contribution >= 4 is 0 Å². The smallest absolute Gasteiger partial charge is 0.119 e. The van der Waals surface area contributed by atoms with Gasteiger partial charge in [-0.2, -0.15) is 0 Å². The lowest BCUT2D eigenvalue weighted by Gasteiger charge is -2.06. The van der Waals surface area contributed by atoms with Crippen LogP contribution in [0, 0.1) is 6.07 Å². The number of aliphatic hydroxyl groups excluding tert-OH is 1. The summed E-state index contributed by atoms with van der Waals surface area (Å²) in [5.74, 6) is 0.743. The molecule has 1 aromatic carbocycles. The van der Waals surface area contributed by atoms with Gasteiger partial charge in [0.2, 0.25) is 0 Å². The molecule has 1 aromatic rings. The van der Waals surface area contributed by atoms with Crippen LogP contribution < -0.4 is 4.74 Å². The SMILES string of the molecule is CCOCCOc1cc[c]c(CO)c1. The summed E-state index contributed by atoms with van der Waals surface area (Å²) >= 11 is 0. The van der Waals surface area contributed by atoms with Gasteiger partial charge in [-0.1, -0.05) is 6.07 Å². The largest absolute Gasteiger partial charge is 0.491 e. The first-order valence-corrected chi connectivity index (χ1v) is 4.69. The van der Waals surface area contributed by atoms with Crippen LogP contribution in [0.2, 0.25) is 0 Å². The molecular formula is C11H15O3. The lowest BCUT2D eigenvalue weighted by molar-refractivity contribution is 0.110. The van der Waals surface area contributed by atoms with Crippen LogP contribution in [0.4, 0.5) is 0 Å². The summed E-state index contributed by atoms with van der Waals surface area (Å²) in [5.41, 5.74) is 0.735. The zero-order chi connectivity index (χ0) is 10.2. The molecule has 0 aliphatic heterocycles. The van der Waals surface area contributed by atoms with Crippen LogP contribution >= 0.6 is 0 Å². The van der Waals surface area contributed by atoms with Crippen LogP contribution in [0.3, 0.4) is 0 Å². The quantitative estimate of drug-likeness (QED) is 0.697. The predicted molar refractivity (Wildman–Crippen MR) is 53.2 cm³/mol. The van der Waals surface area contributed by atoms with E-state index in [4.69, 9.17) is 14.6 Å². The van der Waals surface area contributed by atoms with Crippen molar-refractivity contribution in [3.63, 3.8) is 0 Å². The van der Waals surface area contributed by atoms with E-state index < -0.39 is 0 Å². The molecule has 0 amide bonds. The third kappa shape index (κ3) is 3.77. The van der Waals surface area contributed by atoms with Gasteiger partial charge in [-0.15, -0.1) is 0 Å². The molecule has 14 heavy (non-hydrogen) atoms. The van der Waals surface area contributed by atoms with Crippen molar-refractivity contribution in [3.8, 4) is 5.75 Å². The van der Waals surface area contributed by atoms with Gasteiger partial charge < -0.3 is 14.6 Å². The Morgan fingerprint density at radius 1 is 1.43 bits per heavy atom. The van der Waals surface area contributed by atoms with Crippen LogP contribution in [-0.4, -0.2) is 24.9 Å². The van der Waals surface area contributed by atoms with E-state index in [0.29, 0.717) is 19.8 Å². The summed E-state index contributed by atoms with van der Waals surface area (Å²) in [5, 5.41) is 8.86. The Balaban J connectivity index is 2.34. The molecule has 0 saturated heterocycles. The average molecular weight is 195 g/mol. The molecule has 0 aromatic heterocycles. The summed E-state index contributed by atoms with van der Waals surface area (Å²) in [7, 11) is 0. The van der Waals surface area contributed by atoms with Crippen molar-refractivity contribution in [2.75, 3.05) is 19.8 Å². The highest BCUT2D eigenvalue weighted by Crippen LogP contribution is 2.12. The Kier molecular flexibility index (Phi) is 5.04. The van der Waals surface area contributed by atoms with E-state index in [-0.39, 0.29) is 6.61 Å². The molecule has 0 unspecified atom stereocenters. The lowest BCUT2D eigenvalue weighted by Crippen LogP contribution is -2.06. The number of benzene rings is 1. The number of ether oxygens (including phenoxy) is 2. The zero-order valence-corrected chi connectivity index (χ0v) is 8.32. The Morgan fingerprint density at radius 2 is 2.29 bits per heavy atom. The van der Waals surface area contributed by atoms with Crippen LogP contribution in [0.25, 0.3) is 0 Å². The minimum Gasteiger partial charge on any atom is -0.491 e. The molecule has 1 N–H and O–H groups in total. The summed E-state index contributed by atoms with van der Waals surface area (Å²) in [4.78, 5) is 0. The number of hydrogen-bond acceptors (Lipinski definition) is 3. The summed E-state index contributed by atoms with van der Waals surface area (Å²) < 4.78 is 10.5. The lowest BCUT2D eigenvalue weighted by atomic mass is 10.2. The highest BCUT2D eigenvalue weighted by atomic mass is 16.5. The average Bonchev–Trinajstić information content (AvgIpc) is 2.25. The molecule has 3 nitrogen and oxygen atoms in total. The molecule has 3 heteroatoms. The monoisotopic (exact) mass is 195 g/mol. The maximum absolute atomic E-state index is 8.86. The standard InChI is InChI=1S/C11H15O3/c1-2-13-6-7-14-11-5-3-4-10(8-11)9-12/h3,5,8,12H,2,6-7,9H2,1H3. The van der Waals surface area contributed by atoms with Crippen molar-refractivity contribution < 1.29 is 14.6 Å². The maximum atomic E-state index is 8.86. The summed E-state index contributed by atoms with van der Waals surface area (Å²) in [6, 6.07) is 8.22. The first-order chi connectivity index (χ1) is 6.86. The number of rotatable bonds is 6. The van der Waals surface area contributed by atoms with Crippen LogP contribution in [0.1, 0.15) is 12.5 Å². The van der Waals surface area contributed by atoms with Crippen molar-refractivity contribution in [1.29, 1.82) is 0 Å². The molecule has 0 aliphatic carbocycles. The second kappa shape index (κ2) is 6.40. The Morgan fingerprint density at radius 3 is 3.00 bits per heavy atom. The highest BCUT2D eigenvalue weighted by molar-refractivity contribution is 5.26. The van der Waals surface area contributed by atoms with Gasteiger partial charge in [-0.05, 0) is 30.7 Å². The van der Waals surface area contributed by atoms with Gasteiger partial charge in [0.25, 0.3) is 0 Å². The molecule has 0 saturated carbocycles. The van der Waals surface area contributed by atoms with Crippen LogP contribution in [-0.2, 0) is 11.3 Å². The molecule has 0 atom stereocenters. The molecule has 77 valence electrons. The summed E-state index contributed by atoms with van der Waals surface area (Å²) in [6.07, 6.45) is 0. The molecular weight excluding hydrogens is 180 g/mol. The van der Waals surface area contributed by atoms with Gasteiger partial charge >= 0.3 is 0 Å². The van der Waals surface area contributed by atoms with E-state index in [1.807, 2.05) is 13.0 Å². The molecule has 0 fully saturated rings. The first-order valence-electron chi connectivity index (χ1n) is 4.69. The van der Waals surface area contributed by atoms with Crippen molar-refractivity contribution in [1.82, 2.24) is 0 Å². The van der Waals surface area contributed by atoms with Crippen molar-refractivity contribution in [2.24, 2.45) is 0 Å². The fourth-order valence-electron chi connectivity index (χ4n) is 1.04. The fourth-order valence-corrected chi connectivity index (χ4v) is 1.04. The second-order valence-corrected chi connectivity index (χ2v) is 2.75. The maximum Gasteiger partial charge on any atom is 0.119 e. The zero-order valence-electron chi connectivity index (χ0n) is 8.32. The molecule has 0 aliphatic rings. The third-order valence-corrected chi connectivity index (χ3v) is 1.70. The Bertz CT molecular complexity index is 260. The Hall–Kier alpha value is -1.06. The van der Waals surface area contributed by atoms with E-state index in [1.54, 1.807) is 12.1 Å². The highest BCUT2D eigenvalue weighted by Gasteiger charge is 1.95. The van der Waals surface area contributed by atoms with Gasteiger partial charge in [-0.25, -0.2) is 0 Å². The topological polar surface area (TPSA) is 38.7 Å². The normalized spacial score (nSPS) is 10.1. The van der Waals surface area contributed by atoms with Crippen molar-refractivity contribution in [3.05, 3.63) is 29.8 Å². The third-order valence-electron chi connectivity index (χ3n) is 1.70. The molecule has 0 spiro atoms. The number of hydrogen-bond donors (Lipinski definition) is 1. The minimum atomic E-state index is -0.0112. The Labute approximate surface area is 84.3 Å². The second-order valence-electron chi connectivity index (χ2n) is 2.75. The molecule has 0 heterocycles. The fraction of sp³-hybridized carbons (Fsp3) is 0.455. The summed E-state index contributed by atoms with van der Waals surface area (Å²) in [6.45, 7) is 3.75. The van der Waals surface area contributed by atoms with E-state index >= 15 is 0 Å². The van der Waals surface area contributed by atoms with E-state index in [0.717, 1.165) is 11.3 Å². The molecule has 1 radical (unpaired) electrons. The van der Waals surface area contributed by atoms with Crippen molar-refractivity contribution in [2.45, 2.75) is 13.5 Å². The number of aliphatic hydroxyl groups is 1. The first kappa shape index (κ1) is 11.0. The van der Waals surface area contributed by atoms with Gasteiger partial charge in [0, 0.05) is 6.61 Å². The van der Waals surface area contributed by atoms with Gasteiger partial charge in [0.1, 0.15) is 12.4 Å². The predicted octanol–water partition coefficient (Wildman–Crippen LogP) is 1.39.